The monoisotopic (exact) mass is 397 g/mol. The molecule has 1 aliphatic heterocycles. The van der Waals surface area contributed by atoms with Gasteiger partial charge in [0.05, 0.1) is 13.2 Å². The lowest BCUT2D eigenvalue weighted by atomic mass is 10.2. The number of aromatic nitrogens is 1. The van der Waals surface area contributed by atoms with Gasteiger partial charge in [-0.1, -0.05) is 11.6 Å². The van der Waals surface area contributed by atoms with Crippen LogP contribution in [0.25, 0.3) is 0 Å². The lowest BCUT2D eigenvalue weighted by Crippen LogP contribution is -2.38. The second kappa shape index (κ2) is 10.3. The normalized spacial score (nSPS) is 14.3. The van der Waals surface area contributed by atoms with Gasteiger partial charge in [0.1, 0.15) is 18.0 Å². The van der Waals surface area contributed by atoms with Crippen LogP contribution in [0.5, 0.6) is 0 Å². The van der Waals surface area contributed by atoms with Gasteiger partial charge in [-0.15, -0.1) is 12.4 Å². The number of ether oxygens (including phenoxy) is 2. The van der Waals surface area contributed by atoms with E-state index in [0.717, 1.165) is 32.0 Å². The van der Waals surface area contributed by atoms with Crippen LogP contribution in [0.3, 0.4) is 0 Å². The van der Waals surface area contributed by atoms with Gasteiger partial charge in [0, 0.05) is 36.5 Å². The van der Waals surface area contributed by atoms with Crippen LogP contribution in [0.2, 0.25) is 5.02 Å². The Balaban J connectivity index is 0.00000243. The molecule has 0 spiro atoms. The minimum Gasteiger partial charge on any atom is -0.461 e. The molecule has 1 fully saturated rings. The summed E-state index contributed by atoms with van der Waals surface area (Å²) in [5.74, 6) is 0.0685. The first kappa shape index (κ1) is 20.5. The Labute approximate surface area is 163 Å². The minimum absolute atomic E-state index is 0. The van der Waals surface area contributed by atoms with Crippen molar-refractivity contribution in [2.24, 2.45) is 0 Å². The van der Waals surface area contributed by atoms with Crippen molar-refractivity contribution in [2.75, 3.05) is 44.8 Å². The maximum absolute atomic E-state index is 12.4. The Morgan fingerprint density at radius 2 is 1.96 bits per heavy atom. The second-order valence-corrected chi connectivity index (χ2v) is 6.06. The average Bonchev–Trinajstić information content (AvgIpc) is 2.65. The van der Waals surface area contributed by atoms with E-state index >= 15 is 0 Å². The number of carbonyl (C=O) groups is 1. The standard InChI is InChI=1S/C18H20ClN3O3.ClH/c19-14-3-5-15(6-4-14)21-17-16(2-1-7-20-17)18(23)25-13-10-22-8-11-24-12-9-22;/h1-7H,8-13H2,(H,20,21);1H. The Bertz CT molecular complexity index is 707. The topological polar surface area (TPSA) is 63.7 Å². The van der Waals surface area contributed by atoms with Crippen LogP contribution in [0, 0.1) is 0 Å². The number of hydrogen-bond acceptors (Lipinski definition) is 6. The molecule has 26 heavy (non-hydrogen) atoms. The summed E-state index contributed by atoms with van der Waals surface area (Å²) in [7, 11) is 0. The van der Waals surface area contributed by atoms with Crippen LogP contribution in [0.15, 0.2) is 42.6 Å². The molecule has 0 atom stereocenters. The van der Waals surface area contributed by atoms with Crippen LogP contribution in [0.4, 0.5) is 11.5 Å². The molecule has 1 N–H and O–H groups in total. The first-order valence-corrected chi connectivity index (χ1v) is 8.55. The molecule has 8 heteroatoms. The molecule has 2 heterocycles. The fourth-order valence-electron chi connectivity index (χ4n) is 2.51. The van der Waals surface area contributed by atoms with Gasteiger partial charge in [0.15, 0.2) is 0 Å². The van der Waals surface area contributed by atoms with E-state index < -0.39 is 5.97 Å². The third-order valence-corrected chi connectivity index (χ3v) is 4.13. The number of nitrogens with one attached hydrogen (secondary N) is 1. The number of nitrogens with zero attached hydrogens (tertiary/aromatic N) is 2. The first-order chi connectivity index (χ1) is 12.2. The molecular formula is C18H21Cl2N3O3. The Morgan fingerprint density at radius 3 is 2.69 bits per heavy atom. The number of morpholine rings is 1. The van der Waals surface area contributed by atoms with Crippen LogP contribution >= 0.6 is 24.0 Å². The number of anilines is 2. The summed E-state index contributed by atoms with van der Waals surface area (Å²) in [5, 5.41) is 3.77. The molecule has 1 saturated heterocycles. The maximum atomic E-state index is 12.4. The zero-order chi connectivity index (χ0) is 17.5. The van der Waals surface area contributed by atoms with Gasteiger partial charge >= 0.3 is 5.97 Å². The Hall–Kier alpha value is -1.86. The van der Waals surface area contributed by atoms with E-state index in [4.69, 9.17) is 21.1 Å². The average molecular weight is 398 g/mol. The highest BCUT2D eigenvalue weighted by molar-refractivity contribution is 6.30. The van der Waals surface area contributed by atoms with E-state index in [1.54, 1.807) is 30.5 Å². The summed E-state index contributed by atoms with van der Waals surface area (Å²) < 4.78 is 10.7. The van der Waals surface area contributed by atoms with Crippen LogP contribution < -0.4 is 5.32 Å². The summed E-state index contributed by atoms with van der Waals surface area (Å²) in [5.41, 5.74) is 1.20. The van der Waals surface area contributed by atoms with Gasteiger partial charge in [-0.3, -0.25) is 4.90 Å². The molecule has 140 valence electrons. The van der Waals surface area contributed by atoms with E-state index in [9.17, 15) is 4.79 Å². The molecule has 1 aromatic carbocycles. The van der Waals surface area contributed by atoms with Crippen molar-refractivity contribution in [2.45, 2.75) is 0 Å². The van der Waals surface area contributed by atoms with Crippen molar-refractivity contribution in [1.29, 1.82) is 0 Å². The van der Waals surface area contributed by atoms with E-state index in [-0.39, 0.29) is 12.4 Å². The smallest absolute Gasteiger partial charge is 0.341 e. The first-order valence-electron chi connectivity index (χ1n) is 8.17. The summed E-state index contributed by atoms with van der Waals surface area (Å²) >= 11 is 5.89. The summed E-state index contributed by atoms with van der Waals surface area (Å²) in [6.45, 7) is 4.24. The third kappa shape index (κ3) is 5.85. The van der Waals surface area contributed by atoms with E-state index in [1.807, 2.05) is 12.1 Å². The van der Waals surface area contributed by atoms with Crippen molar-refractivity contribution in [3.63, 3.8) is 0 Å². The minimum atomic E-state index is -0.391. The Kier molecular flexibility index (Phi) is 8.12. The summed E-state index contributed by atoms with van der Waals surface area (Å²) in [4.78, 5) is 18.8. The SMILES string of the molecule is Cl.O=C(OCCN1CCOCC1)c1cccnc1Nc1ccc(Cl)cc1. The molecule has 1 aliphatic rings. The third-order valence-electron chi connectivity index (χ3n) is 3.88. The molecule has 0 saturated carbocycles. The molecule has 0 bridgehead atoms. The van der Waals surface area contributed by atoms with Gasteiger partial charge in [-0.05, 0) is 36.4 Å². The number of carbonyl (C=O) groups excluding carboxylic acids is 1. The fourth-order valence-corrected chi connectivity index (χ4v) is 2.64. The van der Waals surface area contributed by atoms with Gasteiger partial charge in [-0.25, -0.2) is 9.78 Å². The van der Waals surface area contributed by atoms with E-state index in [1.165, 1.54) is 0 Å². The van der Waals surface area contributed by atoms with Crippen LogP contribution in [-0.2, 0) is 9.47 Å². The number of pyridine rings is 1. The molecule has 0 aliphatic carbocycles. The quantitative estimate of drug-likeness (QED) is 0.753. The van der Waals surface area contributed by atoms with Crippen LogP contribution in [0.1, 0.15) is 10.4 Å². The van der Waals surface area contributed by atoms with Crippen LogP contribution in [-0.4, -0.2) is 55.3 Å². The zero-order valence-electron chi connectivity index (χ0n) is 14.2. The zero-order valence-corrected chi connectivity index (χ0v) is 15.8. The highest BCUT2D eigenvalue weighted by atomic mass is 35.5. The predicted molar refractivity (Wildman–Crippen MR) is 104 cm³/mol. The van der Waals surface area contributed by atoms with Gasteiger partial charge in [0.2, 0.25) is 0 Å². The predicted octanol–water partition coefficient (Wildman–Crippen LogP) is 3.39. The van der Waals surface area contributed by atoms with Crippen molar-refractivity contribution in [1.82, 2.24) is 9.88 Å². The van der Waals surface area contributed by atoms with Gasteiger partial charge in [0.25, 0.3) is 0 Å². The molecular weight excluding hydrogens is 377 g/mol. The van der Waals surface area contributed by atoms with Crippen molar-refractivity contribution in [3.05, 3.63) is 53.2 Å². The van der Waals surface area contributed by atoms with Gasteiger partial charge < -0.3 is 14.8 Å². The highest BCUT2D eigenvalue weighted by Gasteiger charge is 2.15. The molecule has 0 radical (unpaired) electrons. The van der Waals surface area contributed by atoms with E-state index in [0.29, 0.717) is 29.6 Å². The number of hydrogen-bond donors (Lipinski definition) is 1. The fraction of sp³-hybridized carbons (Fsp3) is 0.333. The molecule has 0 amide bonds. The van der Waals surface area contributed by atoms with E-state index in [2.05, 4.69) is 15.2 Å². The lowest BCUT2D eigenvalue weighted by molar-refractivity contribution is 0.0196. The number of esters is 1. The largest absolute Gasteiger partial charge is 0.461 e. The van der Waals surface area contributed by atoms with Crippen molar-refractivity contribution >= 4 is 41.5 Å². The molecule has 2 aromatic rings. The molecule has 3 rings (SSSR count). The number of rotatable bonds is 6. The molecule has 0 unspecified atom stereocenters. The summed E-state index contributed by atoms with van der Waals surface area (Å²) in [6.07, 6.45) is 1.63. The maximum Gasteiger partial charge on any atom is 0.341 e. The van der Waals surface area contributed by atoms with Crippen molar-refractivity contribution in [3.8, 4) is 0 Å². The van der Waals surface area contributed by atoms with Crippen molar-refractivity contribution < 1.29 is 14.3 Å². The number of benzene rings is 1. The van der Waals surface area contributed by atoms with Gasteiger partial charge in [-0.2, -0.15) is 0 Å². The summed E-state index contributed by atoms with van der Waals surface area (Å²) in [6, 6.07) is 10.6. The number of halogens is 2. The second-order valence-electron chi connectivity index (χ2n) is 5.62. The molecule has 6 nitrogen and oxygen atoms in total. The molecule has 1 aromatic heterocycles. The highest BCUT2D eigenvalue weighted by Crippen LogP contribution is 2.21. The lowest BCUT2D eigenvalue weighted by Gasteiger charge is -2.26. The Morgan fingerprint density at radius 1 is 1.23 bits per heavy atom.